The minimum Gasteiger partial charge on any atom is -0.0916 e. The maximum Gasteiger partial charge on any atom is -0.0225 e. The molecule has 0 N–H and O–H groups in total. The molecule has 58 valence electrons. The Morgan fingerprint density at radius 2 is 2.00 bits per heavy atom. The molecule has 0 aromatic heterocycles. The van der Waals surface area contributed by atoms with E-state index in [0.717, 1.165) is 0 Å². The monoisotopic (exact) mass is 138 g/mol. The maximum atomic E-state index is 2.31. The van der Waals surface area contributed by atoms with E-state index >= 15 is 0 Å². The van der Waals surface area contributed by atoms with E-state index in [9.17, 15) is 0 Å². The SMILES string of the molecule is C/C=C/CC(C)C=C(C)C. The average molecular weight is 138 g/mol. The van der Waals surface area contributed by atoms with Gasteiger partial charge < -0.3 is 0 Å². The smallest absolute Gasteiger partial charge is 0.0225 e. The summed E-state index contributed by atoms with van der Waals surface area (Å²) in [6.45, 7) is 8.60. The summed E-state index contributed by atoms with van der Waals surface area (Å²) in [5.41, 5.74) is 1.41. The van der Waals surface area contributed by atoms with Crippen LogP contribution >= 0.6 is 0 Å². The third-order valence-corrected chi connectivity index (χ3v) is 1.36. The molecule has 0 heterocycles. The second kappa shape index (κ2) is 5.28. The summed E-state index contributed by atoms with van der Waals surface area (Å²) in [7, 11) is 0. The zero-order chi connectivity index (χ0) is 7.98. The van der Waals surface area contributed by atoms with E-state index in [-0.39, 0.29) is 0 Å². The number of hydrogen-bond donors (Lipinski definition) is 0. The van der Waals surface area contributed by atoms with Crippen molar-refractivity contribution in [3.05, 3.63) is 23.8 Å². The Morgan fingerprint density at radius 3 is 2.40 bits per heavy atom. The molecule has 1 atom stereocenters. The minimum atomic E-state index is 0.696. The molecule has 0 aliphatic carbocycles. The molecule has 0 saturated heterocycles. The molecule has 0 aliphatic heterocycles. The molecule has 0 aromatic carbocycles. The standard InChI is InChI=1S/C10H18/c1-5-6-7-10(4)8-9(2)3/h5-6,8,10H,7H2,1-4H3/b6-5+. The predicted molar refractivity (Wildman–Crippen MR) is 48.0 cm³/mol. The fraction of sp³-hybridized carbons (Fsp3) is 0.600. The highest BCUT2D eigenvalue weighted by Crippen LogP contribution is 2.07. The van der Waals surface area contributed by atoms with Crippen LogP contribution in [0.15, 0.2) is 23.8 Å². The quantitative estimate of drug-likeness (QED) is 0.523. The van der Waals surface area contributed by atoms with Crippen molar-refractivity contribution in [2.24, 2.45) is 5.92 Å². The topological polar surface area (TPSA) is 0 Å². The Bertz CT molecular complexity index is 125. The molecule has 0 amide bonds. The molecule has 0 rings (SSSR count). The van der Waals surface area contributed by atoms with Crippen LogP contribution in [0.3, 0.4) is 0 Å². The fourth-order valence-corrected chi connectivity index (χ4v) is 0.988. The third kappa shape index (κ3) is 5.61. The second-order valence-corrected chi connectivity index (χ2v) is 3.03. The first-order valence-electron chi connectivity index (χ1n) is 3.93. The summed E-state index contributed by atoms with van der Waals surface area (Å²) in [5.74, 6) is 0.696. The zero-order valence-electron chi connectivity index (χ0n) is 7.52. The minimum absolute atomic E-state index is 0.696. The Labute approximate surface area is 64.6 Å². The first-order chi connectivity index (χ1) is 4.66. The molecule has 0 bridgehead atoms. The lowest BCUT2D eigenvalue weighted by molar-refractivity contribution is 0.737. The van der Waals surface area contributed by atoms with Gasteiger partial charge in [0.15, 0.2) is 0 Å². The Hall–Kier alpha value is -0.520. The van der Waals surface area contributed by atoms with E-state index in [1.165, 1.54) is 12.0 Å². The van der Waals surface area contributed by atoms with Crippen molar-refractivity contribution in [2.45, 2.75) is 34.1 Å². The van der Waals surface area contributed by atoms with Gasteiger partial charge in [0.25, 0.3) is 0 Å². The van der Waals surface area contributed by atoms with E-state index in [1.807, 2.05) is 0 Å². The maximum absolute atomic E-state index is 2.31. The first-order valence-corrected chi connectivity index (χ1v) is 3.93. The van der Waals surface area contributed by atoms with Crippen LogP contribution < -0.4 is 0 Å². The normalized spacial score (nSPS) is 13.6. The van der Waals surface area contributed by atoms with Gasteiger partial charge in [-0.2, -0.15) is 0 Å². The summed E-state index contributed by atoms with van der Waals surface area (Å²) >= 11 is 0. The summed E-state index contributed by atoms with van der Waals surface area (Å²) in [6, 6.07) is 0. The Kier molecular flexibility index (Phi) is 5.00. The molecule has 0 aliphatic rings. The predicted octanol–water partition coefficient (Wildman–Crippen LogP) is 3.55. The highest BCUT2D eigenvalue weighted by atomic mass is 14.0. The van der Waals surface area contributed by atoms with E-state index in [0.29, 0.717) is 5.92 Å². The number of allylic oxidation sites excluding steroid dienone is 4. The van der Waals surface area contributed by atoms with Gasteiger partial charge in [-0.15, -0.1) is 0 Å². The molecule has 0 fully saturated rings. The van der Waals surface area contributed by atoms with Crippen LogP contribution in [0.1, 0.15) is 34.1 Å². The van der Waals surface area contributed by atoms with Crippen LogP contribution in [0.4, 0.5) is 0 Å². The number of rotatable bonds is 3. The summed E-state index contributed by atoms with van der Waals surface area (Å²) in [6.07, 6.45) is 7.79. The Balaban J connectivity index is 3.63. The molecular weight excluding hydrogens is 120 g/mol. The van der Waals surface area contributed by atoms with Gasteiger partial charge in [0.2, 0.25) is 0 Å². The average Bonchev–Trinajstić information content (AvgIpc) is 1.82. The van der Waals surface area contributed by atoms with Gasteiger partial charge in [0, 0.05) is 0 Å². The van der Waals surface area contributed by atoms with Crippen molar-refractivity contribution in [3.8, 4) is 0 Å². The summed E-state index contributed by atoms with van der Waals surface area (Å²) in [5, 5.41) is 0. The Morgan fingerprint density at radius 1 is 1.40 bits per heavy atom. The fourth-order valence-electron chi connectivity index (χ4n) is 0.988. The van der Waals surface area contributed by atoms with Crippen molar-refractivity contribution in [1.82, 2.24) is 0 Å². The molecular formula is C10H18. The van der Waals surface area contributed by atoms with Crippen molar-refractivity contribution < 1.29 is 0 Å². The van der Waals surface area contributed by atoms with E-state index in [4.69, 9.17) is 0 Å². The van der Waals surface area contributed by atoms with Gasteiger partial charge in [0.05, 0.1) is 0 Å². The zero-order valence-corrected chi connectivity index (χ0v) is 7.52. The van der Waals surface area contributed by atoms with E-state index in [1.54, 1.807) is 0 Å². The lowest BCUT2D eigenvalue weighted by Gasteiger charge is -2.01. The highest BCUT2D eigenvalue weighted by Gasteiger charge is 1.91. The molecule has 0 radical (unpaired) electrons. The number of hydrogen-bond acceptors (Lipinski definition) is 0. The summed E-state index contributed by atoms with van der Waals surface area (Å²) < 4.78 is 0. The second-order valence-electron chi connectivity index (χ2n) is 3.03. The van der Waals surface area contributed by atoms with Gasteiger partial charge in [-0.05, 0) is 33.1 Å². The van der Waals surface area contributed by atoms with E-state index in [2.05, 4.69) is 45.9 Å². The molecule has 10 heavy (non-hydrogen) atoms. The van der Waals surface area contributed by atoms with Crippen LogP contribution in [0.25, 0.3) is 0 Å². The molecule has 0 saturated carbocycles. The van der Waals surface area contributed by atoms with Crippen molar-refractivity contribution in [1.29, 1.82) is 0 Å². The van der Waals surface area contributed by atoms with Crippen LogP contribution in [-0.4, -0.2) is 0 Å². The molecule has 0 aromatic rings. The molecule has 0 heteroatoms. The molecule has 0 nitrogen and oxygen atoms in total. The van der Waals surface area contributed by atoms with E-state index < -0.39 is 0 Å². The van der Waals surface area contributed by atoms with Crippen molar-refractivity contribution >= 4 is 0 Å². The van der Waals surface area contributed by atoms with Gasteiger partial charge in [0.1, 0.15) is 0 Å². The van der Waals surface area contributed by atoms with Crippen LogP contribution in [0.5, 0.6) is 0 Å². The van der Waals surface area contributed by atoms with Gasteiger partial charge in [-0.1, -0.05) is 30.7 Å². The summed E-state index contributed by atoms with van der Waals surface area (Å²) in [4.78, 5) is 0. The van der Waals surface area contributed by atoms with Crippen LogP contribution in [0.2, 0.25) is 0 Å². The largest absolute Gasteiger partial charge is 0.0916 e. The van der Waals surface area contributed by atoms with Gasteiger partial charge in [-0.25, -0.2) is 0 Å². The first kappa shape index (κ1) is 9.48. The van der Waals surface area contributed by atoms with Crippen molar-refractivity contribution in [2.75, 3.05) is 0 Å². The lowest BCUT2D eigenvalue weighted by Crippen LogP contribution is -1.86. The lowest BCUT2D eigenvalue weighted by atomic mass is 10.1. The highest BCUT2D eigenvalue weighted by molar-refractivity contribution is 4.98. The van der Waals surface area contributed by atoms with Crippen molar-refractivity contribution in [3.63, 3.8) is 0 Å². The van der Waals surface area contributed by atoms with Crippen LogP contribution in [-0.2, 0) is 0 Å². The molecule has 0 spiro atoms. The van der Waals surface area contributed by atoms with Gasteiger partial charge in [-0.3, -0.25) is 0 Å². The molecule has 1 unspecified atom stereocenters. The van der Waals surface area contributed by atoms with Crippen LogP contribution in [0, 0.1) is 5.92 Å². The van der Waals surface area contributed by atoms with Gasteiger partial charge >= 0.3 is 0 Å². The third-order valence-electron chi connectivity index (χ3n) is 1.36.